The van der Waals surface area contributed by atoms with E-state index in [0.717, 1.165) is 9.13 Å². The smallest absolute Gasteiger partial charge is 0.272 e. The van der Waals surface area contributed by atoms with Crippen LogP contribution in [0.3, 0.4) is 0 Å². The topological polar surface area (TPSA) is 101 Å². The lowest BCUT2D eigenvalue weighted by Crippen LogP contribution is -2.30. The highest BCUT2D eigenvalue weighted by Gasteiger charge is 2.16. The number of halogens is 1. The Bertz CT molecular complexity index is 1160. The molecular formula is C23H18IN3O4. The van der Waals surface area contributed by atoms with E-state index in [2.05, 4.69) is 33.2 Å². The third-order valence-electron chi connectivity index (χ3n) is 4.30. The maximum atomic E-state index is 12.9. The number of non-ortho nitro benzene ring substituents is 1. The highest BCUT2D eigenvalue weighted by atomic mass is 127. The standard InChI is InChI=1S/C23H18IN3O4/c1-15-5-7-17(8-6-15)22(28)26-21(14-16-3-2-4-20(13-16)27(30)31)23(29)25-19-11-9-18(24)10-12-19/h2-14H,1H3,(H,25,29)(H,26,28)/b21-14+. The zero-order chi connectivity index (χ0) is 22.4. The molecule has 0 unspecified atom stereocenters. The fourth-order valence-electron chi connectivity index (χ4n) is 2.68. The SMILES string of the molecule is Cc1ccc(C(=O)N/C(=C/c2cccc([N+](=O)[O-])c2)C(=O)Nc2ccc(I)cc2)cc1. The number of anilines is 1. The zero-order valence-electron chi connectivity index (χ0n) is 16.5. The summed E-state index contributed by atoms with van der Waals surface area (Å²) in [4.78, 5) is 36.2. The maximum absolute atomic E-state index is 12.9. The normalized spacial score (nSPS) is 11.0. The van der Waals surface area contributed by atoms with Gasteiger partial charge in [0.15, 0.2) is 0 Å². The Balaban J connectivity index is 1.92. The number of hydrogen-bond acceptors (Lipinski definition) is 4. The number of carbonyl (C=O) groups is 2. The van der Waals surface area contributed by atoms with Crippen molar-refractivity contribution in [2.75, 3.05) is 5.32 Å². The molecule has 8 heteroatoms. The molecule has 0 aliphatic heterocycles. The Kier molecular flexibility index (Phi) is 7.14. The van der Waals surface area contributed by atoms with E-state index in [-0.39, 0.29) is 11.4 Å². The van der Waals surface area contributed by atoms with Gasteiger partial charge >= 0.3 is 0 Å². The number of hydrogen-bond donors (Lipinski definition) is 2. The second-order valence-corrected chi connectivity index (χ2v) is 7.94. The molecule has 0 aliphatic carbocycles. The lowest BCUT2D eigenvalue weighted by atomic mass is 10.1. The molecule has 2 N–H and O–H groups in total. The number of nitro groups is 1. The molecule has 3 aromatic carbocycles. The minimum absolute atomic E-state index is 0.0374. The van der Waals surface area contributed by atoms with Crippen molar-refractivity contribution in [3.05, 3.63) is 109 Å². The van der Waals surface area contributed by atoms with Crippen LogP contribution in [0.25, 0.3) is 6.08 Å². The summed E-state index contributed by atoms with van der Waals surface area (Å²) in [7, 11) is 0. The molecular weight excluding hydrogens is 509 g/mol. The number of carbonyl (C=O) groups excluding carboxylic acids is 2. The van der Waals surface area contributed by atoms with Gasteiger partial charge in [-0.05, 0) is 77.6 Å². The summed E-state index contributed by atoms with van der Waals surface area (Å²) in [5.41, 5.74) is 2.20. The van der Waals surface area contributed by atoms with E-state index in [0.29, 0.717) is 16.8 Å². The van der Waals surface area contributed by atoms with Crippen molar-refractivity contribution in [1.82, 2.24) is 5.32 Å². The number of benzene rings is 3. The van der Waals surface area contributed by atoms with E-state index in [1.54, 1.807) is 42.5 Å². The van der Waals surface area contributed by atoms with Crippen LogP contribution in [-0.2, 0) is 4.79 Å². The number of amides is 2. The summed E-state index contributed by atoms with van der Waals surface area (Å²) in [6.45, 7) is 1.91. The molecule has 0 bridgehead atoms. The van der Waals surface area contributed by atoms with Crippen molar-refractivity contribution in [1.29, 1.82) is 0 Å². The van der Waals surface area contributed by atoms with Gasteiger partial charge < -0.3 is 10.6 Å². The number of nitro benzene ring substituents is 1. The second kappa shape index (κ2) is 9.98. The van der Waals surface area contributed by atoms with E-state index in [1.807, 2.05) is 19.1 Å². The number of aryl methyl sites for hydroxylation is 1. The van der Waals surface area contributed by atoms with Gasteiger partial charge in [-0.15, -0.1) is 0 Å². The van der Waals surface area contributed by atoms with E-state index >= 15 is 0 Å². The minimum Gasteiger partial charge on any atom is -0.321 e. The monoisotopic (exact) mass is 527 g/mol. The van der Waals surface area contributed by atoms with Gasteiger partial charge in [-0.1, -0.05) is 29.8 Å². The minimum atomic E-state index is -0.548. The predicted octanol–water partition coefficient (Wildman–Crippen LogP) is 4.92. The van der Waals surface area contributed by atoms with Crippen molar-refractivity contribution in [3.63, 3.8) is 0 Å². The summed E-state index contributed by atoms with van der Waals surface area (Å²) in [5.74, 6) is -1.01. The third-order valence-corrected chi connectivity index (χ3v) is 5.02. The summed E-state index contributed by atoms with van der Waals surface area (Å²) in [6, 6.07) is 19.9. The fraction of sp³-hybridized carbons (Fsp3) is 0.0435. The van der Waals surface area contributed by atoms with E-state index < -0.39 is 16.7 Å². The molecule has 0 radical (unpaired) electrons. The second-order valence-electron chi connectivity index (χ2n) is 6.69. The van der Waals surface area contributed by atoms with Gasteiger partial charge in [-0.2, -0.15) is 0 Å². The van der Waals surface area contributed by atoms with Gasteiger partial charge in [0.05, 0.1) is 4.92 Å². The summed E-state index contributed by atoms with van der Waals surface area (Å²) >= 11 is 2.16. The Morgan fingerprint density at radius 1 is 1.00 bits per heavy atom. The third kappa shape index (κ3) is 6.22. The van der Waals surface area contributed by atoms with Crippen LogP contribution in [0.4, 0.5) is 11.4 Å². The molecule has 0 fully saturated rings. The summed E-state index contributed by atoms with van der Waals surface area (Å²) < 4.78 is 1.01. The molecule has 0 atom stereocenters. The van der Waals surface area contributed by atoms with Crippen molar-refractivity contribution in [3.8, 4) is 0 Å². The lowest BCUT2D eigenvalue weighted by Gasteiger charge is -2.12. The summed E-state index contributed by atoms with van der Waals surface area (Å²) in [6.07, 6.45) is 1.40. The lowest BCUT2D eigenvalue weighted by molar-refractivity contribution is -0.384. The van der Waals surface area contributed by atoms with Crippen LogP contribution in [0, 0.1) is 20.6 Å². The highest BCUT2D eigenvalue weighted by molar-refractivity contribution is 14.1. The van der Waals surface area contributed by atoms with Crippen LogP contribution < -0.4 is 10.6 Å². The number of nitrogens with one attached hydrogen (secondary N) is 2. The molecule has 156 valence electrons. The van der Waals surface area contributed by atoms with E-state index in [9.17, 15) is 19.7 Å². The van der Waals surface area contributed by atoms with Crippen LogP contribution in [0.1, 0.15) is 21.5 Å². The Labute approximate surface area is 192 Å². The van der Waals surface area contributed by atoms with Gasteiger partial charge in [0.25, 0.3) is 17.5 Å². The average Bonchev–Trinajstić information content (AvgIpc) is 2.75. The molecule has 31 heavy (non-hydrogen) atoms. The molecule has 0 spiro atoms. The van der Waals surface area contributed by atoms with Crippen molar-refractivity contribution in [2.45, 2.75) is 6.92 Å². The van der Waals surface area contributed by atoms with Crippen molar-refractivity contribution >= 4 is 51.9 Å². The zero-order valence-corrected chi connectivity index (χ0v) is 18.6. The molecule has 0 heterocycles. The largest absolute Gasteiger partial charge is 0.321 e. The molecule has 0 aliphatic rings. The maximum Gasteiger partial charge on any atom is 0.272 e. The molecule has 3 rings (SSSR count). The molecule has 3 aromatic rings. The van der Waals surface area contributed by atoms with Gasteiger partial charge in [-0.25, -0.2) is 0 Å². The molecule has 0 saturated heterocycles. The van der Waals surface area contributed by atoms with E-state index in [1.165, 1.54) is 24.3 Å². The van der Waals surface area contributed by atoms with Crippen LogP contribution in [-0.4, -0.2) is 16.7 Å². The van der Waals surface area contributed by atoms with Crippen molar-refractivity contribution < 1.29 is 14.5 Å². The first-order valence-electron chi connectivity index (χ1n) is 9.23. The average molecular weight is 527 g/mol. The quantitative estimate of drug-likeness (QED) is 0.206. The summed E-state index contributed by atoms with van der Waals surface area (Å²) in [5, 5.41) is 16.4. The van der Waals surface area contributed by atoms with Crippen molar-refractivity contribution in [2.24, 2.45) is 0 Å². The number of rotatable bonds is 6. The number of nitrogens with zero attached hydrogens (tertiary/aromatic N) is 1. The fourth-order valence-corrected chi connectivity index (χ4v) is 3.04. The Morgan fingerprint density at radius 3 is 2.32 bits per heavy atom. The first kappa shape index (κ1) is 22.2. The predicted molar refractivity (Wildman–Crippen MR) is 128 cm³/mol. The molecule has 0 saturated carbocycles. The van der Waals surface area contributed by atoms with Gasteiger partial charge in [-0.3, -0.25) is 19.7 Å². The van der Waals surface area contributed by atoms with Crippen LogP contribution in [0.5, 0.6) is 0 Å². The first-order chi connectivity index (χ1) is 14.8. The van der Waals surface area contributed by atoms with Crippen LogP contribution in [0.15, 0.2) is 78.5 Å². The molecule has 0 aromatic heterocycles. The molecule has 2 amide bonds. The van der Waals surface area contributed by atoms with Gasteiger partial charge in [0, 0.05) is 27.0 Å². The highest BCUT2D eigenvalue weighted by Crippen LogP contribution is 2.17. The Morgan fingerprint density at radius 2 is 1.68 bits per heavy atom. The van der Waals surface area contributed by atoms with Gasteiger partial charge in [0.1, 0.15) is 5.70 Å². The van der Waals surface area contributed by atoms with Gasteiger partial charge in [0.2, 0.25) is 0 Å². The Hall–Kier alpha value is -3.53. The van der Waals surface area contributed by atoms with E-state index in [4.69, 9.17) is 0 Å². The van der Waals surface area contributed by atoms with Crippen LogP contribution >= 0.6 is 22.6 Å². The molecule has 7 nitrogen and oxygen atoms in total. The van der Waals surface area contributed by atoms with Crippen LogP contribution in [0.2, 0.25) is 0 Å². The first-order valence-corrected chi connectivity index (χ1v) is 10.3.